The van der Waals surface area contributed by atoms with E-state index in [-0.39, 0.29) is 5.41 Å². The molecule has 0 spiro atoms. The van der Waals surface area contributed by atoms with Gasteiger partial charge in [-0.25, -0.2) is 9.97 Å². The van der Waals surface area contributed by atoms with Crippen molar-refractivity contribution in [3.8, 4) is 0 Å². The summed E-state index contributed by atoms with van der Waals surface area (Å²) in [5.41, 5.74) is 10.6. The Kier molecular flexibility index (Phi) is 5.04. The molecule has 1 aromatic carbocycles. The molecular formula is C27H32N4. The van der Waals surface area contributed by atoms with Crippen LogP contribution in [0.25, 0.3) is 11.6 Å². The predicted octanol–water partition coefficient (Wildman–Crippen LogP) is 5.88. The number of aromatic nitrogens is 2. The number of anilines is 1. The Morgan fingerprint density at radius 2 is 1.74 bits per heavy atom. The summed E-state index contributed by atoms with van der Waals surface area (Å²) in [7, 11) is 0. The number of benzene rings is 1. The van der Waals surface area contributed by atoms with E-state index in [1.54, 1.807) is 6.33 Å². The minimum absolute atomic E-state index is 0.158. The van der Waals surface area contributed by atoms with Crippen molar-refractivity contribution in [2.75, 3.05) is 18.0 Å². The first-order chi connectivity index (χ1) is 15.0. The number of piperidine rings is 1. The van der Waals surface area contributed by atoms with Crippen LogP contribution in [0.2, 0.25) is 0 Å². The van der Waals surface area contributed by atoms with Gasteiger partial charge in [-0.2, -0.15) is 0 Å². The molecular weight excluding hydrogens is 380 g/mol. The van der Waals surface area contributed by atoms with Crippen LogP contribution < -0.4 is 4.90 Å². The fourth-order valence-electron chi connectivity index (χ4n) is 5.23. The van der Waals surface area contributed by atoms with E-state index in [2.05, 4.69) is 72.9 Å². The van der Waals surface area contributed by atoms with Gasteiger partial charge in [0.25, 0.3) is 0 Å². The van der Waals surface area contributed by atoms with E-state index in [4.69, 9.17) is 4.99 Å². The van der Waals surface area contributed by atoms with Crippen LogP contribution in [-0.2, 0) is 12.8 Å². The summed E-state index contributed by atoms with van der Waals surface area (Å²) in [6, 6.07) is 9.05. The Morgan fingerprint density at radius 3 is 2.45 bits per heavy atom. The maximum atomic E-state index is 5.09. The van der Waals surface area contributed by atoms with Crippen LogP contribution in [0.1, 0.15) is 69.3 Å². The Hall–Kier alpha value is -2.75. The number of hydrogen-bond donors (Lipinski definition) is 0. The molecule has 0 unspecified atom stereocenters. The van der Waals surface area contributed by atoms with Gasteiger partial charge >= 0.3 is 0 Å². The normalized spacial score (nSPS) is 20.1. The fraction of sp³-hybridized carbons (Fsp3) is 0.444. The molecule has 0 atom stereocenters. The zero-order chi connectivity index (χ0) is 21.6. The summed E-state index contributed by atoms with van der Waals surface area (Å²) >= 11 is 0. The van der Waals surface area contributed by atoms with Gasteiger partial charge in [-0.05, 0) is 49.8 Å². The van der Waals surface area contributed by atoms with E-state index in [9.17, 15) is 0 Å². The highest BCUT2D eigenvalue weighted by atomic mass is 15.2. The molecule has 0 radical (unpaired) electrons. The second-order valence-electron chi connectivity index (χ2n) is 9.62. The molecule has 160 valence electrons. The van der Waals surface area contributed by atoms with Crippen molar-refractivity contribution >= 4 is 23.2 Å². The Labute approximate surface area is 185 Å². The zero-order valence-electron chi connectivity index (χ0n) is 19.2. The topological polar surface area (TPSA) is 41.4 Å². The van der Waals surface area contributed by atoms with Crippen LogP contribution in [0, 0.1) is 5.41 Å². The lowest BCUT2D eigenvalue weighted by molar-refractivity contribution is 0.351. The molecule has 0 amide bonds. The van der Waals surface area contributed by atoms with Gasteiger partial charge in [0.1, 0.15) is 12.1 Å². The maximum Gasteiger partial charge on any atom is 0.139 e. The first-order valence-corrected chi connectivity index (χ1v) is 11.6. The third kappa shape index (κ3) is 3.62. The summed E-state index contributed by atoms with van der Waals surface area (Å²) < 4.78 is 0. The van der Waals surface area contributed by atoms with Gasteiger partial charge in [0.15, 0.2) is 0 Å². The number of aliphatic imine (C=N–C) groups is 1. The van der Waals surface area contributed by atoms with Crippen molar-refractivity contribution < 1.29 is 0 Å². The van der Waals surface area contributed by atoms with Crippen LogP contribution in [-0.4, -0.2) is 28.8 Å². The van der Waals surface area contributed by atoms with E-state index in [1.807, 2.05) is 0 Å². The molecule has 2 aromatic rings. The Balaban J connectivity index is 1.29. The largest absolute Gasteiger partial charge is 0.356 e. The van der Waals surface area contributed by atoms with Gasteiger partial charge in [0.2, 0.25) is 0 Å². The average molecular weight is 413 g/mol. The number of rotatable bonds is 4. The molecule has 4 heteroatoms. The highest BCUT2D eigenvalue weighted by molar-refractivity contribution is 6.03. The summed E-state index contributed by atoms with van der Waals surface area (Å²) in [6.45, 7) is 11.0. The number of hydrogen-bond acceptors (Lipinski definition) is 4. The summed E-state index contributed by atoms with van der Waals surface area (Å²) in [5.74, 6) is 1.11. The monoisotopic (exact) mass is 412 g/mol. The summed E-state index contributed by atoms with van der Waals surface area (Å²) in [4.78, 5) is 16.7. The molecule has 0 bridgehead atoms. The highest BCUT2D eigenvalue weighted by Crippen LogP contribution is 2.42. The second-order valence-corrected chi connectivity index (χ2v) is 9.62. The SMILES string of the molecule is CCc1ccc(C2=C(C)N=C(C3(C)CCN(c4ncnc5c4C=C(C)C5)CC3)C2)cc1. The Morgan fingerprint density at radius 1 is 1.00 bits per heavy atom. The molecule has 0 saturated carbocycles. The van der Waals surface area contributed by atoms with Crippen LogP contribution in [0.3, 0.4) is 0 Å². The molecule has 5 rings (SSSR count). The van der Waals surface area contributed by atoms with Crippen molar-refractivity contribution in [2.45, 2.75) is 59.8 Å². The van der Waals surface area contributed by atoms with Gasteiger partial charge in [0, 0.05) is 48.3 Å². The third-order valence-electron chi connectivity index (χ3n) is 7.44. The van der Waals surface area contributed by atoms with Crippen molar-refractivity contribution in [1.82, 2.24) is 9.97 Å². The maximum absolute atomic E-state index is 5.09. The summed E-state index contributed by atoms with van der Waals surface area (Å²) in [6.07, 6.45) is 9.26. The minimum Gasteiger partial charge on any atom is -0.356 e. The lowest BCUT2D eigenvalue weighted by Gasteiger charge is -2.40. The van der Waals surface area contributed by atoms with Crippen molar-refractivity contribution in [1.29, 1.82) is 0 Å². The lowest BCUT2D eigenvalue weighted by atomic mass is 9.74. The third-order valence-corrected chi connectivity index (χ3v) is 7.44. The molecule has 1 aromatic heterocycles. The quantitative estimate of drug-likeness (QED) is 0.629. The first-order valence-electron chi connectivity index (χ1n) is 11.6. The second kappa shape index (κ2) is 7.74. The molecule has 1 aliphatic carbocycles. The van der Waals surface area contributed by atoms with Crippen LogP contribution in [0.15, 0.2) is 46.9 Å². The molecule has 1 fully saturated rings. The van der Waals surface area contributed by atoms with E-state index >= 15 is 0 Å². The highest BCUT2D eigenvalue weighted by Gasteiger charge is 2.38. The lowest BCUT2D eigenvalue weighted by Crippen LogP contribution is -2.43. The van der Waals surface area contributed by atoms with Crippen molar-refractivity contribution in [3.05, 3.63) is 64.2 Å². The molecule has 3 aliphatic rings. The van der Waals surface area contributed by atoms with Crippen molar-refractivity contribution in [3.63, 3.8) is 0 Å². The van der Waals surface area contributed by atoms with Crippen LogP contribution in [0.4, 0.5) is 5.82 Å². The van der Waals surface area contributed by atoms with Gasteiger partial charge < -0.3 is 4.90 Å². The van der Waals surface area contributed by atoms with Gasteiger partial charge in [-0.15, -0.1) is 0 Å². The average Bonchev–Trinajstić information content (AvgIpc) is 3.36. The standard InChI is InChI=1S/C27H32N4/c1-5-20-6-8-21(9-7-20)22-16-25(30-19(22)3)27(4)10-12-31(13-11-27)26-23-14-18(2)15-24(23)28-17-29-26/h6-9,14,17H,5,10-13,15-16H2,1-4H3. The Bertz CT molecular complexity index is 1100. The van der Waals surface area contributed by atoms with E-state index < -0.39 is 0 Å². The van der Waals surface area contributed by atoms with Crippen LogP contribution >= 0.6 is 0 Å². The molecule has 0 N–H and O–H groups in total. The van der Waals surface area contributed by atoms with Crippen LogP contribution in [0.5, 0.6) is 0 Å². The number of nitrogens with zero attached hydrogens (tertiary/aromatic N) is 4. The van der Waals surface area contributed by atoms with Gasteiger partial charge in [-0.3, -0.25) is 4.99 Å². The molecule has 31 heavy (non-hydrogen) atoms. The predicted molar refractivity (Wildman–Crippen MR) is 129 cm³/mol. The molecule has 2 aliphatic heterocycles. The molecule has 4 nitrogen and oxygen atoms in total. The first kappa shape index (κ1) is 20.2. The van der Waals surface area contributed by atoms with E-state index in [0.29, 0.717) is 0 Å². The van der Waals surface area contributed by atoms with E-state index in [1.165, 1.54) is 44.9 Å². The van der Waals surface area contributed by atoms with E-state index in [0.717, 1.165) is 51.0 Å². The van der Waals surface area contributed by atoms with Gasteiger partial charge in [0.05, 0.1) is 5.69 Å². The number of aryl methyl sites for hydroxylation is 1. The number of fused-ring (bicyclic) bond motifs is 1. The minimum atomic E-state index is 0.158. The number of allylic oxidation sites excluding steroid dienone is 3. The molecule has 3 heterocycles. The summed E-state index contributed by atoms with van der Waals surface area (Å²) in [5, 5.41) is 0. The van der Waals surface area contributed by atoms with Crippen molar-refractivity contribution in [2.24, 2.45) is 10.4 Å². The fourth-order valence-corrected chi connectivity index (χ4v) is 5.23. The zero-order valence-corrected chi connectivity index (χ0v) is 19.2. The smallest absolute Gasteiger partial charge is 0.139 e. The molecule has 1 saturated heterocycles. The van der Waals surface area contributed by atoms with Gasteiger partial charge in [-0.1, -0.05) is 49.8 Å².